The van der Waals surface area contributed by atoms with Gasteiger partial charge in [-0.25, -0.2) is 0 Å². The third kappa shape index (κ3) is 2.08. The fourth-order valence-electron chi connectivity index (χ4n) is 1.77. The summed E-state index contributed by atoms with van der Waals surface area (Å²) in [6.45, 7) is 2.19. The zero-order valence-corrected chi connectivity index (χ0v) is 9.13. The minimum absolute atomic E-state index is 0.231. The number of carbonyl (C=O) groups excluding carboxylic acids is 1. The van der Waals surface area contributed by atoms with E-state index in [1.165, 1.54) is 0 Å². The first-order valence-electron chi connectivity index (χ1n) is 5.36. The summed E-state index contributed by atoms with van der Waals surface area (Å²) in [6.07, 6.45) is 3.06. The average molecular weight is 218 g/mol. The Labute approximate surface area is 94.7 Å². The van der Waals surface area contributed by atoms with Crippen LogP contribution in [0, 0.1) is 5.92 Å². The maximum atomic E-state index is 11.7. The molecular formula is C13H14O3. The first-order chi connectivity index (χ1) is 7.83. The Morgan fingerprint density at radius 3 is 2.81 bits per heavy atom. The molecule has 16 heavy (non-hydrogen) atoms. The van der Waals surface area contributed by atoms with Gasteiger partial charge in [0.2, 0.25) is 0 Å². The molecule has 0 fully saturated rings. The highest BCUT2D eigenvalue weighted by Crippen LogP contribution is 2.32. The fourth-order valence-corrected chi connectivity index (χ4v) is 1.77. The summed E-state index contributed by atoms with van der Waals surface area (Å²) in [7, 11) is 0. The summed E-state index contributed by atoms with van der Waals surface area (Å²) in [5.74, 6) is -0.563. The topological polar surface area (TPSA) is 35.5 Å². The van der Waals surface area contributed by atoms with Gasteiger partial charge in [-0.15, -0.1) is 0 Å². The van der Waals surface area contributed by atoms with Crippen LogP contribution in [0.1, 0.15) is 18.6 Å². The van der Waals surface area contributed by atoms with Gasteiger partial charge in [0, 0.05) is 0 Å². The normalized spacial score (nSPS) is 22.8. The molecule has 2 atom stereocenters. The molecule has 1 heterocycles. The van der Waals surface area contributed by atoms with Crippen LogP contribution in [0.15, 0.2) is 42.7 Å². The summed E-state index contributed by atoms with van der Waals surface area (Å²) in [4.78, 5) is 11.7. The molecule has 1 aromatic carbocycles. The second kappa shape index (κ2) is 4.84. The van der Waals surface area contributed by atoms with Crippen molar-refractivity contribution < 1.29 is 14.3 Å². The molecule has 0 aliphatic carbocycles. The van der Waals surface area contributed by atoms with E-state index in [-0.39, 0.29) is 18.0 Å². The first-order valence-corrected chi connectivity index (χ1v) is 5.36. The maximum Gasteiger partial charge on any atom is 0.317 e. The Bertz CT molecular complexity index is 383. The van der Waals surface area contributed by atoms with Gasteiger partial charge >= 0.3 is 5.97 Å². The number of rotatable bonds is 3. The minimum atomic E-state index is -0.331. The molecule has 2 rings (SSSR count). The van der Waals surface area contributed by atoms with Crippen molar-refractivity contribution in [3.63, 3.8) is 0 Å². The second-order valence-corrected chi connectivity index (χ2v) is 3.57. The van der Waals surface area contributed by atoms with Gasteiger partial charge in [0.15, 0.2) is 0 Å². The van der Waals surface area contributed by atoms with Crippen LogP contribution in [-0.2, 0) is 14.3 Å². The third-order valence-electron chi connectivity index (χ3n) is 2.52. The number of ether oxygens (including phenoxy) is 2. The molecule has 1 aliphatic rings. The van der Waals surface area contributed by atoms with Gasteiger partial charge in [0.05, 0.1) is 12.9 Å². The minimum Gasteiger partial charge on any atom is -0.492 e. The molecule has 0 spiro atoms. The van der Waals surface area contributed by atoms with E-state index >= 15 is 0 Å². The van der Waals surface area contributed by atoms with Crippen LogP contribution < -0.4 is 0 Å². The maximum absolute atomic E-state index is 11.7. The fraction of sp³-hybridized carbons (Fsp3) is 0.308. The molecule has 0 saturated heterocycles. The van der Waals surface area contributed by atoms with E-state index in [2.05, 4.69) is 0 Å². The van der Waals surface area contributed by atoms with Crippen molar-refractivity contribution in [1.29, 1.82) is 0 Å². The van der Waals surface area contributed by atoms with Crippen molar-refractivity contribution in [3.05, 3.63) is 48.2 Å². The highest BCUT2D eigenvalue weighted by molar-refractivity contribution is 5.76. The second-order valence-electron chi connectivity index (χ2n) is 3.57. The zero-order chi connectivity index (χ0) is 11.4. The molecule has 0 amide bonds. The van der Waals surface area contributed by atoms with E-state index in [4.69, 9.17) is 9.47 Å². The highest BCUT2D eigenvalue weighted by atomic mass is 16.5. The Hall–Kier alpha value is -1.77. The predicted molar refractivity (Wildman–Crippen MR) is 59.5 cm³/mol. The van der Waals surface area contributed by atoms with Crippen LogP contribution in [0.5, 0.6) is 0 Å². The van der Waals surface area contributed by atoms with E-state index in [1.807, 2.05) is 30.3 Å². The number of esters is 1. The standard InChI is InChI=1S/C13H14O3/c1-2-15-13(14)11-8-9-16-12(11)10-6-4-3-5-7-10/h3-9,11-12H,2H2,1H3/t11-,12+/m1/s1. The van der Waals surface area contributed by atoms with Crippen LogP contribution in [0.2, 0.25) is 0 Å². The van der Waals surface area contributed by atoms with Crippen LogP contribution in [0.25, 0.3) is 0 Å². The van der Waals surface area contributed by atoms with Gasteiger partial charge in [-0.1, -0.05) is 30.3 Å². The van der Waals surface area contributed by atoms with E-state index < -0.39 is 0 Å². The van der Waals surface area contributed by atoms with Crippen LogP contribution in [0.4, 0.5) is 0 Å². The van der Waals surface area contributed by atoms with Gasteiger partial charge in [-0.3, -0.25) is 4.79 Å². The Morgan fingerprint density at radius 1 is 1.38 bits per heavy atom. The van der Waals surface area contributed by atoms with Crippen LogP contribution >= 0.6 is 0 Å². The molecule has 0 radical (unpaired) electrons. The molecule has 3 nitrogen and oxygen atoms in total. The highest BCUT2D eigenvalue weighted by Gasteiger charge is 2.33. The molecule has 0 unspecified atom stereocenters. The van der Waals surface area contributed by atoms with Crippen molar-refractivity contribution in [2.75, 3.05) is 6.61 Å². The molecule has 1 aliphatic heterocycles. The largest absolute Gasteiger partial charge is 0.492 e. The molecule has 0 N–H and O–H groups in total. The molecule has 0 saturated carbocycles. The summed E-state index contributed by atoms with van der Waals surface area (Å²) < 4.78 is 10.4. The Morgan fingerprint density at radius 2 is 2.12 bits per heavy atom. The third-order valence-corrected chi connectivity index (χ3v) is 2.52. The van der Waals surface area contributed by atoms with Crippen molar-refractivity contribution in [1.82, 2.24) is 0 Å². The number of hydrogen-bond donors (Lipinski definition) is 0. The van der Waals surface area contributed by atoms with E-state index in [1.54, 1.807) is 19.3 Å². The number of hydrogen-bond acceptors (Lipinski definition) is 3. The molecule has 0 aromatic heterocycles. The van der Waals surface area contributed by atoms with Crippen molar-refractivity contribution >= 4 is 5.97 Å². The van der Waals surface area contributed by atoms with E-state index in [9.17, 15) is 4.79 Å². The molecule has 0 bridgehead atoms. The molecule has 1 aromatic rings. The Balaban J connectivity index is 2.14. The molecule has 3 heteroatoms. The molecular weight excluding hydrogens is 204 g/mol. The van der Waals surface area contributed by atoms with Crippen molar-refractivity contribution in [3.8, 4) is 0 Å². The quantitative estimate of drug-likeness (QED) is 0.731. The van der Waals surface area contributed by atoms with Crippen LogP contribution in [-0.4, -0.2) is 12.6 Å². The van der Waals surface area contributed by atoms with Crippen molar-refractivity contribution in [2.45, 2.75) is 13.0 Å². The summed E-state index contributed by atoms with van der Waals surface area (Å²) in [5, 5.41) is 0. The number of carbonyl (C=O) groups is 1. The monoisotopic (exact) mass is 218 g/mol. The summed E-state index contributed by atoms with van der Waals surface area (Å²) in [5.41, 5.74) is 0.991. The lowest BCUT2D eigenvalue weighted by atomic mass is 9.97. The van der Waals surface area contributed by atoms with Gasteiger partial charge in [-0.2, -0.15) is 0 Å². The van der Waals surface area contributed by atoms with Gasteiger partial charge in [0.1, 0.15) is 12.0 Å². The van der Waals surface area contributed by atoms with Crippen LogP contribution in [0.3, 0.4) is 0 Å². The van der Waals surface area contributed by atoms with Gasteiger partial charge in [0.25, 0.3) is 0 Å². The summed E-state index contributed by atoms with van der Waals surface area (Å²) >= 11 is 0. The summed E-state index contributed by atoms with van der Waals surface area (Å²) in [6, 6.07) is 9.69. The van der Waals surface area contributed by atoms with Crippen molar-refractivity contribution in [2.24, 2.45) is 5.92 Å². The lowest BCUT2D eigenvalue weighted by molar-refractivity contribution is -0.148. The van der Waals surface area contributed by atoms with E-state index in [0.29, 0.717) is 6.61 Å². The zero-order valence-electron chi connectivity index (χ0n) is 9.13. The van der Waals surface area contributed by atoms with E-state index in [0.717, 1.165) is 5.56 Å². The smallest absolute Gasteiger partial charge is 0.317 e. The Kier molecular flexibility index (Phi) is 3.25. The average Bonchev–Trinajstić information content (AvgIpc) is 2.79. The predicted octanol–water partition coefficient (Wildman–Crippen LogP) is 2.45. The lowest BCUT2D eigenvalue weighted by Gasteiger charge is -2.17. The first kappa shape index (κ1) is 10.7. The molecule has 84 valence electrons. The van der Waals surface area contributed by atoms with Gasteiger partial charge < -0.3 is 9.47 Å². The lowest BCUT2D eigenvalue weighted by Crippen LogP contribution is -2.20. The SMILES string of the molecule is CCOC(=O)[C@@H]1C=CO[C@H]1c1ccccc1. The number of benzene rings is 1. The van der Waals surface area contributed by atoms with Gasteiger partial charge in [-0.05, 0) is 18.6 Å².